The van der Waals surface area contributed by atoms with E-state index >= 15 is 0 Å². The summed E-state index contributed by atoms with van der Waals surface area (Å²) in [6.45, 7) is 3.55. The highest BCUT2D eigenvalue weighted by Gasteiger charge is 2.27. The first-order chi connectivity index (χ1) is 15.6. The Bertz CT molecular complexity index is 1330. The Morgan fingerprint density at radius 1 is 1.15 bits per heavy atom. The van der Waals surface area contributed by atoms with Crippen LogP contribution < -0.4 is 9.62 Å². The van der Waals surface area contributed by atoms with Crippen molar-refractivity contribution in [1.29, 1.82) is 0 Å². The molecule has 0 spiro atoms. The van der Waals surface area contributed by atoms with Gasteiger partial charge < -0.3 is 5.32 Å². The summed E-state index contributed by atoms with van der Waals surface area (Å²) in [6.07, 6.45) is 1.41. The van der Waals surface area contributed by atoms with Crippen LogP contribution in [0.3, 0.4) is 0 Å². The van der Waals surface area contributed by atoms with Gasteiger partial charge in [0.25, 0.3) is 15.9 Å². The first-order valence-electron chi connectivity index (χ1n) is 9.38. The number of amides is 1. The van der Waals surface area contributed by atoms with Gasteiger partial charge in [0.2, 0.25) is 5.82 Å². The Morgan fingerprint density at radius 3 is 2.48 bits per heavy atom. The maximum Gasteiger partial charge on any atom is 0.306 e. The average molecular weight is 490 g/mol. The van der Waals surface area contributed by atoms with E-state index in [1.54, 1.807) is 30.3 Å². The van der Waals surface area contributed by atoms with Crippen LogP contribution in [-0.2, 0) is 10.0 Å². The summed E-state index contributed by atoms with van der Waals surface area (Å²) in [5.74, 6) is -1.82. The summed E-state index contributed by atoms with van der Waals surface area (Å²) in [5, 5.41) is 13.2. The Hall–Kier alpha value is -3.76. The monoisotopic (exact) mass is 489 g/mol. The van der Waals surface area contributed by atoms with Gasteiger partial charge in [-0.3, -0.25) is 19.2 Å². The largest absolute Gasteiger partial charge is 0.322 e. The zero-order chi connectivity index (χ0) is 24.2. The van der Waals surface area contributed by atoms with Crippen molar-refractivity contribution in [2.45, 2.75) is 4.90 Å². The number of nitrogens with zero attached hydrogens (tertiary/aromatic N) is 2. The molecule has 0 heterocycles. The van der Waals surface area contributed by atoms with E-state index in [1.165, 1.54) is 18.2 Å². The molecular formula is C22H17ClFN3O5S. The lowest BCUT2D eigenvalue weighted by Gasteiger charge is -2.24. The summed E-state index contributed by atoms with van der Waals surface area (Å²) in [6, 6.07) is 14.8. The number of sulfonamides is 1. The summed E-state index contributed by atoms with van der Waals surface area (Å²) in [5.41, 5.74) is -0.543. The molecule has 3 rings (SSSR count). The lowest BCUT2D eigenvalue weighted by atomic mass is 10.2. The lowest BCUT2D eigenvalue weighted by molar-refractivity contribution is -0.387. The van der Waals surface area contributed by atoms with Crippen molar-refractivity contribution in [3.8, 4) is 0 Å². The number of nitro benzene ring substituents is 1. The predicted octanol–water partition coefficient (Wildman–Crippen LogP) is 5.02. The molecule has 11 heteroatoms. The molecule has 0 fully saturated rings. The van der Waals surface area contributed by atoms with Gasteiger partial charge in [0.15, 0.2) is 0 Å². The minimum atomic E-state index is -4.19. The standard InChI is InChI=1S/C22H17ClFN3O5S/c1-2-12-26(17-6-4-3-5-7-17)33(31,32)21-13-15(8-10-18(21)23)22(28)25-16-9-11-19(24)20(14-16)27(29)30/h2-11,13-14H,1,12H2,(H,25,28). The van der Waals surface area contributed by atoms with E-state index in [0.29, 0.717) is 5.69 Å². The molecule has 0 bridgehead atoms. The number of hydrogen-bond donors (Lipinski definition) is 1. The van der Waals surface area contributed by atoms with Crippen LogP contribution in [0.4, 0.5) is 21.5 Å². The number of anilines is 2. The highest BCUT2D eigenvalue weighted by atomic mass is 35.5. The molecule has 33 heavy (non-hydrogen) atoms. The predicted molar refractivity (Wildman–Crippen MR) is 124 cm³/mol. The van der Waals surface area contributed by atoms with Gasteiger partial charge in [-0.2, -0.15) is 4.39 Å². The smallest absolute Gasteiger partial charge is 0.306 e. The molecule has 1 amide bonds. The maximum absolute atomic E-state index is 13.5. The van der Waals surface area contributed by atoms with Gasteiger partial charge in [0.05, 0.1) is 22.2 Å². The highest BCUT2D eigenvalue weighted by Crippen LogP contribution is 2.30. The lowest BCUT2D eigenvalue weighted by Crippen LogP contribution is -2.31. The molecule has 8 nitrogen and oxygen atoms in total. The Labute approximate surface area is 194 Å². The van der Waals surface area contributed by atoms with E-state index in [0.717, 1.165) is 28.6 Å². The molecule has 3 aromatic rings. The Balaban J connectivity index is 1.97. The van der Waals surface area contributed by atoms with E-state index in [1.807, 2.05) is 0 Å². The van der Waals surface area contributed by atoms with Crippen LogP contribution >= 0.6 is 11.6 Å². The molecular weight excluding hydrogens is 473 g/mol. The number of nitro groups is 1. The van der Waals surface area contributed by atoms with Gasteiger partial charge in [-0.05, 0) is 42.5 Å². The number of halogens is 2. The van der Waals surface area contributed by atoms with E-state index in [-0.39, 0.29) is 27.7 Å². The highest BCUT2D eigenvalue weighted by molar-refractivity contribution is 7.93. The number of nitrogens with one attached hydrogen (secondary N) is 1. The van der Waals surface area contributed by atoms with Crippen molar-refractivity contribution < 1.29 is 22.5 Å². The molecule has 0 aliphatic carbocycles. The molecule has 1 N–H and O–H groups in total. The fourth-order valence-electron chi connectivity index (χ4n) is 2.95. The van der Waals surface area contributed by atoms with E-state index < -0.39 is 32.4 Å². The van der Waals surface area contributed by atoms with Gasteiger partial charge in [-0.25, -0.2) is 8.42 Å². The van der Waals surface area contributed by atoms with Crippen molar-refractivity contribution in [3.63, 3.8) is 0 Å². The van der Waals surface area contributed by atoms with Gasteiger partial charge >= 0.3 is 5.69 Å². The van der Waals surface area contributed by atoms with Crippen LogP contribution in [-0.4, -0.2) is 25.8 Å². The van der Waals surface area contributed by atoms with Crippen LogP contribution in [0, 0.1) is 15.9 Å². The van der Waals surface area contributed by atoms with E-state index in [4.69, 9.17) is 11.6 Å². The third-order valence-electron chi connectivity index (χ3n) is 4.50. The normalized spacial score (nSPS) is 11.0. The Morgan fingerprint density at radius 2 is 1.85 bits per heavy atom. The summed E-state index contributed by atoms with van der Waals surface area (Å²) >= 11 is 6.17. The summed E-state index contributed by atoms with van der Waals surface area (Å²) in [7, 11) is -4.19. The number of benzene rings is 3. The number of hydrogen-bond acceptors (Lipinski definition) is 5. The van der Waals surface area contributed by atoms with Gasteiger partial charge in [0.1, 0.15) is 4.90 Å². The fourth-order valence-corrected chi connectivity index (χ4v) is 4.89. The fraction of sp³-hybridized carbons (Fsp3) is 0.0455. The van der Waals surface area contributed by atoms with Crippen LogP contribution in [0.5, 0.6) is 0 Å². The number of carbonyl (C=O) groups excluding carboxylic acids is 1. The molecule has 170 valence electrons. The van der Waals surface area contributed by atoms with Crippen LogP contribution in [0.1, 0.15) is 10.4 Å². The molecule has 0 aliphatic rings. The van der Waals surface area contributed by atoms with Crippen LogP contribution in [0.2, 0.25) is 5.02 Å². The maximum atomic E-state index is 13.5. The number of rotatable bonds is 8. The second-order valence-corrected chi connectivity index (χ2v) is 8.92. The van der Waals surface area contributed by atoms with Gasteiger partial charge in [-0.1, -0.05) is 35.9 Å². The molecule has 3 aromatic carbocycles. The van der Waals surface area contributed by atoms with Crippen molar-refractivity contribution >= 4 is 44.6 Å². The zero-order valence-corrected chi connectivity index (χ0v) is 18.5. The van der Waals surface area contributed by atoms with E-state index in [9.17, 15) is 27.7 Å². The molecule has 0 aromatic heterocycles. The minimum Gasteiger partial charge on any atom is -0.322 e. The van der Waals surface area contributed by atoms with Crippen molar-refractivity contribution in [1.82, 2.24) is 0 Å². The van der Waals surface area contributed by atoms with Crippen LogP contribution in [0.15, 0.2) is 84.3 Å². The summed E-state index contributed by atoms with van der Waals surface area (Å²) in [4.78, 5) is 22.4. The molecule has 0 radical (unpaired) electrons. The molecule has 0 aliphatic heterocycles. The van der Waals surface area contributed by atoms with Crippen LogP contribution in [0.25, 0.3) is 0 Å². The van der Waals surface area contributed by atoms with E-state index in [2.05, 4.69) is 11.9 Å². The second-order valence-electron chi connectivity index (χ2n) is 6.68. The topological polar surface area (TPSA) is 110 Å². The second kappa shape index (κ2) is 9.80. The van der Waals surface area contributed by atoms with Gasteiger partial charge in [0, 0.05) is 17.3 Å². The third kappa shape index (κ3) is 5.18. The zero-order valence-electron chi connectivity index (χ0n) is 16.9. The average Bonchev–Trinajstić information content (AvgIpc) is 2.79. The van der Waals surface area contributed by atoms with Crippen molar-refractivity contribution in [2.75, 3.05) is 16.2 Å². The number of carbonyl (C=O) groups is 1. The first-order valence-corrected chi connectivity index (χ1v) is 11.2. The van der Waals surface area contributed by atoms with Gasteiger partial charge in [-0.15, -0.1) is 6.58 Å². The first kappa shape index (κ1) is 23.9. The minimum absolute atomic E-state index is 0.0370. The molecule has 0 saturated carbocycles. The van der Waals surface area contributed by atoms with Crippen molar-refractivity contribution in [2.24, 2.45) is 0 Å². The third-order valence-corrected chi connectivity index (χ3v) is 6.78. The van der Waals surface area contributed by atoms with Crippen molar-refractivity contribution in [3.05, 3.63) is 106 Å². The molecule has 0 unspecified atom stereocenters. The Kier molecular flexibility index (Phi) is 7.10. The molecule has 0 saturated heterocycles. The SMILES string of the molecule is C=CCN(c1ccccc1)S(=O)(=O)c1cc(C(=O)Nc2ccc(F)c([N+](=O)[O-])c2)ccc1Cl. The summed E-state index contributed by atoms with van der Waals surface area (Å²) < 4.78 is 41.4. The quantitative estimate of drug-likeness (QED) is 0.271. The molecule has 0 atom stereocenters. The number of para-hydroxylation sites is 1.